The van der Waals surface area contributed by atoms with Gasteiger partial charge in [-0.2, -0.15) is 8.42 Å². The molecule has 0 aromatic carbocycles. The molecule has 0 heterocycles. The lowest BCUT2D eigenvalue weighted by Gasteiger charge is -2.17. The highest BCUT2D eigenvalue weighted by molar-refractivity contribution is 7.81. The molecule has 4 unspecified atom stereocenters. The van der Waals surface area contributed by atoms with Gasteiger partial charge in [-0.3, -0.25) is 0 Å². The zero-order valence-corrected chi connectivity index (χ0v) is 23.9. The molecule has 0 spiro atoms. The van der Waals surface area contributed by atoms with E-state index in [9.17, 15) is 8.42 Å². The number of rotatable bonds is 24. The highest BCUT2D eigenvalue weighted by Crippen LogP contribution is 2.21. The topological polar surface area (TPSA) is 52.6 Å². The lowest BCUT2D eigenvalue weighted by molar-refractivity contribution is 0.167. The molecule has 0 bridgehead atoms. The lowest BCUT2D eigenvalue weighted by Crippen LogP contribution is -2.18. The summed E-state index contributed by atoms with van der Waals surface area (Å²) in [5.41, 5.74) is 0. The number of unbranched alkanes of at least 4 members (excludes halogenated alkanes) is 8. The molecule has 0 saturated heterocycles. The molecule has 200 valence electrons. The van der Waals surface area contributed by atoms with Crippen LogP contribution in [0, 0.1) is 23.7 Å². The van der Waals surface area contributed by atoms with Gasteiger partial charge in [-0.1, -0.05) is 131 Å². The Balaban J connectivity index is 3.88. The van der Waals surface area contributed by atoms with Gasteiger partial charge in [-0.05, 0) is 36.5 Å². The van der Waals surface area contributed by atoms with Crippen molar-refractivity contribution in [2.75, 3.05) is 13.2 Å². The molecule has 5 heteroatoms. The minimum Gasteiger partial charge on any atom is -0.248 e. The molecule has 0 aromatic heterocycles. The van der Waals surface area contributed by atoms with Crippen molar-refractivity contribution in [1.29, 1.82) is 0 Å². The molecule has 0 aromatic rings. The Labute approximate surface area is 208 Å². The van der Waals surface area contributed by atoms with E-state index in [1.807, 2.05) is 0 Å². The van der Waals surface area contributed by atoms with E-state index in [2.05, 4.69) is 41.5 Å². The van der Waals surface area contributed by atoms with E-state index in [0.29, 0.717) is 11.8 Å². The van der Waals surface area contributed by atoms with Crippen LogP contribution in [-0.4, -0.2) is 21.6 Å². The summed E-state index contributed by atoms with van der Waals surface area (Å²) in [5.74, 6) is 1.84. The zero-order chi connectivity index (χ0) is 25.0. The Morgan fingerprint density at radius 2 is 0.818 bits per heavy atom. The van der Waals surface area contributed by atoms with E-state index in [1.165, 1.54) is 77.0 Å². The largest absolute Gasteiger partial charge is 0.399 e. The molecule has 4 atom stereocenters. The number of hydrogen-bond acceptors (Lipinski definition) is 4. The van der Waals surface area contributed by atoms with Gasteiger partial charge < -0.3 is 0 Å². The normalized spacial score (nSPS) is 15.9. The van der Waals surface area contributed by atoms with Gasteiger partial charge in [0.1, 0.15) is 0 Å². The molecule has 4 nitrogen and oxygen atoms in total. The molecule has 33 heavy (non-hydrogen) atoms. The van der Waals surface area contributed by atoms with Crippen LogP contribution in [0.5, 0.6) is 0 Å². The van der Waals surface area contributed by atoms with Gasteiger partial charge in [0.25, 0.3) is 0 Å². The van der Waals surface area contributed by atoms with Crippen molar-refractivity contribution >= 4 is 10.4 Å². The third kappa shape index (κ3) is 22.1. The Bertz CT molecular complexity index is 480. The summed E-state index contributed by atoms with van der Waals surface area (Å²) >= 11 is 0. The van der Waals surface area contributed by atoms with E-state index in [1.54, 1.807) is 0 Å². The third-order valence-corrected chi connectivity index (χ3v) is 7.75. The Kier molecular flexibility index (Phi) is 21.1. The van der Waals surface area contributed by atoms with Crippen LogP contribution in [0.2, 0.25) is 0 Å². The minimum absolute atomic E-state index is 0.217. The second-order valence-electron chi connectivity index (χ2n) is 11.0. The summed E-state index contributed by atoms with van der Waals surface area (Å²) < 4.78 is 34.6. The van der Waals surface area contributed by atoms with E-state index >= 15 is 0 Å². The molecule has 0 radical (unpaired) electrons. The Hall–Kier alpha value is -0.130. The fourth-order valence-electron chi connectivity index (χ4n) is 4.22. The summed E-state index contributed by atoms with van der Waals surface area (Å²) in [5, 5.41) is 0. The molecule has 0 aliphatic carbocycles. The van der Waals surface area contributed by atoms with Gasteiger partial charge in [-0.15, -0.1) is 0 Å². The molecule has 0 amide bonds. The highest BCUT2D eigenvalue weighted by Gasteiger charge is 2.17. The van der Waals surface area contributed by atoms with Crippen LogP contribution in [0.3, 0.4) is 0 Å². The predicted octanol–water partition coefficient (Wildman–Crippen LogP) is 9.09. The summed E-state index contributed by atoms with van der Waals surface area (Å²) in [7, 11) is -3.89. The second-order valence-corrected chi connectivity index (χ2v) is 12.2. The van der Waals surface area contributed by atoms with E-state index in [4.69, 9.17) is 8.37 Å². The first-order valence-electron chi connectivity index (χ1n) is 14.2. The summed E-state index contributed by atoms with van der Waals surface area (Å²) in [4.78, 5) is 0. The van der Waals surface area contributed by atoms with Crippen molar-refractivity contribution < 1.29 is 16.8 Å². The fourth-order valence-corrected chi connectivity index (χ4v) is 5.09. The van der Waals surface area contributed by atoms with Gasteiger partial charge in [0.15, 0.2) is 0 Å². The molecule has 0 aliphatic rings. The quantitative estimate of drug-likeness (QED) is 0.127. The van der Waals surface area contributed by atoms with Crippen LogP contribution >= 0.6 is 0 Å². The van der Waals surface area contributed by atoms with Gasteiger partial charge in [0.05, 0.1) is 13.2 Å². The standard InChI is InChI=1S/C28H58O4S/c1-7-9-11-13-15-17-25(3)19-21-27(5)23-31-33(29,30)32-24-28(6)22-20-26(4)18-16-14-12-10-8-2/h25-28H,7-24H2,1-6H3. The van der Waals surface area contributed by atoms with Crippen LogP contribution in [0.1, 0.15) is 144 Å². The first-order valence-corrected chi connectivity index (χ1v) is 15.6. The molecular weight excluding hydrogens is 432 g/mol. The molecule has 0 fully saturated rings. The van der Waals surface area contributed by atoms with Crippen molar-refractivity contribution in [3.05, 3.63) is 0 Å². The van der Waals surface area contributed by atoms with Crippen LogP contribution in [0.15, 0.2) is 0 Å². The van der Waals surface area contributed by atoms with Gasteiger partial charge in [0, 0.05) is 0 Å². The van der Waals surface area contributed by atoms with Crippen molar-refractivity contribution in [3.63, 3.8) is 0 Å². The highest BCUT2D eigenvalue weighted by atomic mass is 32.3. The van der Waals surface area contributed by atoms with Crippen molar-refractivity contribution in [3.8, 4) is 0 Å². The van der Waals surface area contributed by atoms with Crippen LogP contribution in [0.4, 0.5) is 0 Å². The van der Waals surface area contributed by atoms with Crippen molar-refractivity contribution in [2.24, 2.45) is 23.7 Å². The minimum atomic E-state index is -3.89. The van der Waals surface area contributed by atoms with Crippen molar-refractivity contribution in [2.45, 2.75) is 144 Å². The monoisotopic (exact) mass is 490 g/mol. The average Bonchev–Trinajstić information content (AvgIpc) is 2.78. The molecule has 0 N–H and O–H groups in total. The molecule has 0 rings (SSSR count). The van der Waals surface area contributed by atoms with Crippen LogP contribution < -0.4 is 0 Å². The maximum atomic E-state index is 12.1. The first kappa shape index (κ1) is 32.9. The van der Waals surface area contributed by atoms with Gasteiger partial charge in [0.2, 0.25) is 0 Å². The van der Waals surface area contributed by atoms with Gasteiger partial charge >= 0.3 is 10.4 Å². The molecule has 0 saturated carbocycles. The third-order valence-electron chi connectivity index (χ3n) is 6.90. The first-order chi connectivity index (χ1) is 15.7. The zero-order valence-electron chi connectivity index (χ0n) is 23.1. The lowest BCUT2D eigenvalue weighted by atomic mass is 9.94. The molecular formula is C28H58O4S. The number of hydrogen-bond donors (Lipinski definition) is 0. The summed E-state index contributed by atoms with van der Waals surface area (Å²) in [6.45, 7) is 13.7. The maximum Gasteiger partial charge on any atom is 0.399 e. The maximum absolute atomic E-state index is 12.1. The summed E-state index contributed by atoms with van der Waals surface area (Å²) in [6.07, 6.45) is 20.1. The Morgan fingerprint density at radius 3 is 1.18 bits per heavy atom. The summed E-state index contributed by atoms with van der Waals surface area (Å²) in [6, 6.07) is 0. The molecule has 0 aliphatic heterocycles. The SMILES string of the molecule is CCCCCCCC(C)CCC(C)COS(=O)(=O)OCC(C)CCC(C)CCCCCCC. The van der Waals surface area contributed by atoms with Crippen molar-refractivity contribution in [1.82, 2.24) is 0 Å². The second kappa shape index (κ2) is 21.2. The predicted molar refractivity (Wildman–Crippen MR) is 143 cm³/mol. The van der Waals surface area contributed by atoms with E-state index in [-0.39, 0.29) is 25.0 Å². The van der Waals surface area contributed by atoms with Gasteiger partial charge in [-0.25, -0.2) is 8.37 Å². The average molecular weight is 491 g/mol. The smallest absolute Gasteiger partial charge is 0.248 e. The van der Waals surface area contributed by atoms with E-state index in [0.717, 1.165) is 25.7 Å². The van der Waals surface area contributed by atoms with Crippen LogP contribution in [-0.2, 0) is 18.8 Å². The van der Waals surface area contributed by atoms with E-state index < -0.39 is 10.4 Å². The Morgan fingerprint density at radius 1 is 0.485 bits per heavy atom. The fraction of sp³-hybridized carbons (Fsp3) is 1.00. The van der Waals surface area contributed by atoms with Crippen LogP contribution in [0.25, 0.3) is 0 Å².